The SMILES string of the molecule is CC(=O)O.[Zn].c1ccc2ccccc2c1. The first-order valence-electron chi connectivity index (χ1n) is 4.33. The van der Waals surface area contributed by atoms with Crippen molar-refractivity contribution in [1.82, 2.24) is 0 Å². The van der Waals surface area contributed by atoms with Crippen LogP contribution < -0.4 is 0 Å². The van der Waals surface area contributed by atoms with E-state index in [0.29, 0.717) is 0 Å². The van der Waals surface area contributed by atoms with Crippen molar-refractivity contribution in [3.63, 3.8) is 0 Å². The standard InChI is InChI=1S/C10H8.C2H4O2.Zn/c1-2-6-10-8-4-3-7-9(10)5-1;1-2(3)4;/h1-8H;1H3,(H,3,4);. The minimum Gasteiger partial charge on any atom is -0.481 e. The van der Waals surface area contributed by atoms with Crippen molar-refractivity contribution in [2.75, 3.05) is 0 Å². The van der Waals surface area contributed by atoms with Crippen LogP contribution in [0.4, 0.5) is 0 Å². The van der Waals surface area contributed by atoms with Crippen LogP contribution >= 0.6 is 0 Å². The summed E-state index contributed by atoms with van der Waals surface area (Å²) in [7, 11) is 0. The molecule has 2 nitrogen and oxygen atoms in total. The molecule has 0 unspecified atom stereocenters. The van der Waals surface area contributed by atoms with E-state index in [1.165, 1.54) is 10.8 Å². The molecule has 0 bridgehead atoms. The first-order valence-corrected chi connectivity index (χ1v) is 4.33. The summed E-state index contributed by atoms with van der Waals surface area (Å²) in [5.41, 5.74) is 0. The molecule has 0 aliphatic heterocycles. The Morgan fingerprint density at radius 2 is 1.13 bits per heavy atom. The van der Waals surface area contributed by atoms with Crippen LogP contribution in [0.25, 0.3) is 10.8 Å². The molecule has 0 spiro atoms. The molecule has 0 aromatic heterocycles. The van der Waals surface area contributed by atoms with Gasteiger partial charge in [-0.15, -0.1) is 0 Å². The van der Waals surface area contributed by atoms with Gasteiger partial charge in [-0.25, -0.2) is 0 Å². The first-order chi connectivity index (χ1) is 6.70. The van der Waals surface area contributed by atoms with Crippen LogP contribution in [-0.2, 0) is 24.3 Å². The van der Waals surface area contributed by atoms with Crippen LogP contribution in [0.5, 0.6) is 0 Å². The molecule has 0 radical (unpaired) electrons. The Kier molecular flexibility index (Phi) is 6.56. The van der Waals surface area contributed by atoms with Crippen molar-refractivity contribution in [2.24, 2.45) is 0 Å². The first kappa shape index (κ1) is 13.8. The summed E-state index contributed by atoms with van der Waals surface area (Å²) in [6, 6.07) is 16.7. The van der Waals surface area contributed by atoms with Crippen molar-refractivity contribution < 1.29 is 29.4 Å². The summed E-state index contributed by atoms with van der Waals surface area (Å²) in [5.74, 6) is -0.833. The van der Waals surface area contributed by atoms with Crippen molar-refractivity contribution in [2.45, 2.75) is 6.92 Å². The maximum absolute atomic E-state index is 9.00. The molecule has 2 aromatic rings. The fourth-order valence-corrected chi connectivity index (χ4v) is 1.13. The molecule has 74 valence electrons. The van der Waals surface area contributed by atoms with Crippen LogP contribution in [0.2, 0.25) is 0 Å². The van der Waals surface area contributed by atoms with Gasteiger partial charge in [0.2, 0.25) is 0 Å². The van der Waals surface area contributed by atoms with Gasteiger partial charge in [0.1, 0.15) is 0 Å². The molecule has 0 saturated carbocycles. The van der Waals surface area contributed by atoms with Gasteiger partial charge in [-0.1, -0.05) is 48.5 Å². The number of carbonyl (C=O) groups is 1. The van der Waals surface area contributed by atoms with Gasteiger partial charge in [0, 0.05) is 26.4 Å². The molecule has 0 aliphatic carbocycles. The number of fused-ring (bicyclic) bond motifs is 1. The molecular formula is C12H12O2Zn. The topological polar surface area (TPSA) is 37.3 Å². The van der Waals surface area contributed by atoms with Gasteiger partial charge in [-0.2, -0.15) is 0 Å². The minimum atomic E-state index is -0.833. The quantitative estimate of drug-likeness (QED) is 0.733. The number of hydrogen-bond acceptors (Lipinski definition) is 1. The maximum Gasteiger partial charge on any atom is 0.300 e. The molecule has 2 aromatic carbocycles. The van der Waals surface area contributed by atoms with Gasteiger partial charge in [0.25, 0.3) is 5.97 Å². The molecular weight excluding hydrogens is 242 g/mol. The van der Waals surface area contributed by atoms with Crippen molar-refractivity contribution in [3.05, 3.63) is 48.5 Å². The molecule has 15 heavy (non-hydrogen) atoms. The van der Waals surface area contributed by atoms with Gasteiger partial charge in [0.05, 0.1) is 0 Å². The van der Waals surface area contributed by atoms with E-state index in [1.54, 1.807) is 0 Å². The van der Waals surface area contributed by atoms with E-state index in [-0.39, 0.29) is 19.5 Å². The van der Waals surface area contributed by atoms with Crippen LogP contribution in [0.15, 0.2) is 48.5 Å². The molecule has 2 rings (SSSR count). The second-order valence-corrected chi connectivity index (χ2v) is 2.87. The van der Waals surface area contributed by atoms with Gasteiger partial charge in [0.15, 0.2) is 0 Å². The Morgan fingerprint density at radius 3 is 1.33 bits per heavy atom. The Balaban J connectivity index is 0.000000346. The fraction of sp³-hybridized carbons (Fsp3) is 0.0833. The van der Waals surface area contributed by atoms with Gasteiger partial charge in [-0.3, -0.25) is 4.79 Å². The van der Waals surface area contributed by atoms with E-state index in [2.05, 4.69) is 48.5 Å². The Bertz CT molecular complexity index is 357. The number of hydrogen-bond donors (Lipinski definition) is 1. The second kappa shape index (κ2) is 7.13. The molecule has 0 fully saturated rings. The number of aliphatic carboxylic acids is 1. The third-order valence-electron chi connectivity index (χ3n) is 1.66. The largest absolute Gasteiger partial charge is 0.481 e. The minimum absolute atomic E-state index is 0. The Labute approximate surface area is 102 Å². The van der Waals surface area contributed by atoms with Gasteiger partial charge >= 0.3 is 0 Å². The second-order valence-electron chi connectivity index (χ2n) is 2.87. The van der Waals surface area contributed by atoms with Crippen molar-refractivity contribution in [1.29, 1.82) is 0 Å². The van der Waals surface area contributed by atoms with E-state index in [1.807, 2.05) is 0 Å². The van der Waals surface area contributed by atoms with Crippen LogP contribution in [0.1, 0.15) is 6.92 Å². The summed E-state index contributed by atoms with van der Waals surface area (Å²) < 4.78 is 0. The molecule has 0 heterocycles. The van der Waals surface area contributed by atoms with Gasteiger partial charge in [-0.05, 0) is 10.8 Å². The van der Waals surface area contributed by atoms with E-state index in [4.69, 9.17) is 9.90 Å². The summed E-state index contributed by atoms with van der Waals surface area (Å²) in [6.07, 6.45) is 0. The zero-order chi connectivity index (χ0) is 10.4. The van der Waals surface area contributed by atoms with Crippen LogP contribution in [-0.4, -0.2) is 11.1 Å². The van der Waals surface area contributed by atoms with E-state index in [9.17, 15) is 0 Å². The number of rotatable bonds is 0. The van der Waals surface area contributed by atoms with Crippen molar-refractivity contribution >= 4 is 16.7 Å². The molecule has 3 heteroatoms. The van der Waals surface area contributed by atoms with Crippen LogP contribution in [0.3, 0.4) is 0 Å². The summed E-state index contributed by atoms with van der Waals surface area (Å²) in [6.45, 7) is 1.08. The summed E-state index contributed by atoms with van der Waals surface area (Å²) in [5, 5.41) is 10.0. The predicted octanol–water partition coefficient (Wildman–Crippen LogP) is 2.93. The number of carboxylic acids is 1. The third-order valence-corrected chi connectivity index (χ3v) is 1.66. The smallest absolute Gasteiger partial charge is 0.300 e. The third kappa shape index (κ3) is 5.28. The number of benzene rings is 2. The molecule has 0 atom stereocenters. The Hall–Kier alpha value is -1.21. The average molecular weight is 254 g/mol. The van der Waals surface area contributed by atoms with Crippen LogP contribution in [0, 0.1) is 0 Å². The molecule has 0 amide bonds. The zero-order valence-corrected chi connectivity index (χ0v) is 11.6. The number of carboxylic acid groups (broad SMARTS) is 1. The van der Waals surface area contributed by atoms with E-state index in [0.717, 1.165) is 6.92 Å². The van der Waals surface area contributed by atoms with Crippen molar-refractivity contribution in [3.8, 4) is 0 Å². The zero-order valence-electron chi connectivity index (χ0n) is 8.68. The molecule has 0 aliphatic rings. The molecule has 0 saturated heterocycles. The summed E-state index contributed by atoms with van der Waals surface area (Å²) in [4.78, 5) is 9.00. The predicted molar refractivity (Wildman–Crippen MR) is 57.3 cm³/mol. The maximum atomic E-state index is 9.00. The van der Waals surface area contributed by atoms with Gasteiger partial charge < -0.3 is 5.11 Å². The monoisotopic (exact) mass is 252 g/mol. The van der Waals surface area contributed by atoms with E-state index >= 15 is 0 Å². The van der Waals surface area contributed by atoms with E-state index < -0.39 is 5.97 Å². The molecule has 1 N–H and O–H groups in total. The normalized spacial score (nSPS) is 8.33. The fourth-order valence-electron chi connectivity index (χ4n) is 1.13. The Morgan fingerprint density at radius 1 is 0.933 bits per heavy atom. The summed E-state index contributed by atoms with van der Waals surface area (Å²) >= 11 is 0. The average Bonchev–Trinajstić information content (AvgIpc) is 2.17.